The number of hydrogen-bond acceptors (Lipinski definition) is 3. The second-order valence-corrected chi connectivity index (χ2v) is 3.69. The quantitative estimate of drug-likeness (QED) is 0.545. The van der Waals surface area contributed by atoms with Crippen LogP contribution in [0.5, 0.6) is 0 Å². The minimum atomic E-state index is -0.241. The number of rotatable bonds is 6. The third-order valence-electron chi connectivity index (χ3n) is 2.13. The molecule has 0 aromatic heterocycles. The number of esters is 1. The summed E-state index contributed by atoms with van der Waals surface area (Å²) in [6.45, 7) is 1.86. The van der Waals surface area contributed by atoms with Crippen molar-refractivity contribution in [3.05, 3.63) is 35.9 Å². The molecule has 0 spiro atoms. The van der Waals surface area contributed by atoms with Gasteiger partial charge in [0.2, 0.25) is 0 Å². The fourth-order valence-electron chi connectivity index (χ4n) is 1.32. The minimum absolute atomic E-state index is 0.124. The van der Waals surface area contributed by atoms with Gasteiger partial charge in [-0.05, 0) is 18.9 Å². The van der Waals surface area contributed by atoms with Crippen molar-refractivity contribution in [2.24, 2.45) is 0 Å². The summed E-state index contributed by atoms with van der Waals surface area (Å²) in [5, 5.41) is 0. The first-order valence-electron chi connectivity index (χ1n) is 5.37. The Morgan fingerprint density at radius 1 is 1.19 bits per heavy atom. The standard InChI is InChI=1S/C13H16O3/c1-11(14)6-5-9-16-13(15)10-12-7-3-2-4-8-12/h2-4,7-8H,5-6,9-10H2,1H3. The summed E-state index contributed by atoms with van der Waals surface area (Å²) in [6.07, 6.45) is 1.37. The highest BCUT2D eigenvalue weighted by molar-refractivity contribution is 5.75. The van der Waals surface area contributed by atoms with E-state index in [9.17, 15) is 9.59 Å². The van der Waals surface area contributed by atoms with Gasteiger partial charge >= 0.3 is 5.97 Å². The number of carbonyl (C=O) groups excluding carboxylic acids is 2. The molecule has 1 aromatic rings. The molecular formula is C13H16O3. The van der Waals surface area contributed by atoms with E-state index in [-0.39, 0.29) is 11.8 Å². The van der Waals surface area contributed by atoms with Crippen LogP contribution in [0.3, 0.4) is 0 Å². The van der Waals surface area contributed by atoms with Crippen LogP contribution in [0.2, 0.25) is 0 Å². The summed E-state index contributed by atoms with van der Waals surface area (Å²) < 4.78 is 5.01. The van der Waals surface area contributed by atoms with Gasteiger partial charge in [0.15, 0.2) is 0 Å². The largest absolute Gasteiger partial charge is 0.465 e. The molecule has 0 saturated carbocycles. The van der Waals surface area contributed by atoms with Gasteiger partial charge in [-0.2, -0.15) is 0 Å². The molecular weight excluding hydrogens is 204 g/mol. The Bertz CT molecular complexity index is 343. The van der Waals surface area contributed by atoms with Crippen molar-refractivity contribution >= 4 is 11.8 Å². The number of hydrogen-bond donors (Lipinski definition) is 0. The van der Waals surface area contributed by atoms with Crippen molar-refractivity contribution in [3.63, 3.8) is 0 Å². The van der Waals surface area contributed by atoms with Gasteiger partial charge in [-0.25, -0.2) is 0 Å². The lowest BCUT2D eigenvalue weighted by Crippen LogP contribution is -2.09. The number of carbonyl (C=O) groups is 2. The minimum Gasteiger partial charge on any atom is -0.465 e. The van der Waals surface area contributed by atoms with Crippen LogP contribution in [0.1, 0.15) is 25.3 Å². The molecule has 0 bridgehead atoms. The highest BCUT2D eigenvalue weighted by Crippen LogP contribution is 2.01. The molecule has 0 fully saturated rings. The normalized spacial score (nSPS) is 9.81. The average Bonchev–Trinajstić information content (AvgIpc) is 2.25. The molecule has 0 saturated heterocycles. The Morgan fingerprint density at radius 3 is 2.50 bits per heavy atom. The van der Waals surface area contributed by atoms with Crippen LogP contribution < -0.4 is 0 Å². The van der Waals surface area contributed by atoms with E-state index in [4.69, 9.17) is 4.74 Å². The Balaban J connectivity index is 2.19. The van der Waals surface area contributed by atoms with Gasteiger partial charge < -0.3 is 9.53 Å². The summed E-state index contributed by atoms with van der Waals surface area (Å²) in [6, 6.07) is 9.45. The second-order valence-electron chi connectivity index (χ2n) is 3.69. The maximum Gasteiger partial charge on any atom is 0.310 e. The van der Waals surface area contributed by atoms with E-state index >= 15 is 0 Å². The zero-order chi connectivity index (χ0) is 11.8. The van der Waals surface area contributed by atoms with E-state index in [0.717, 1.165) is 5.56 Å². The Hall–Kier alpha value is -1.64. The van der Waals surface area contributed by atoms with Crippen LogP contribution in [0.25, 0.3) is 0 Å². The predicted molar refractivity (Wildman–Crippen MR) is 61.0 cm³/mol. The molecule has 0 heterocycles. The van der Waals surface area contributed by atoms with Gasteiger partial charge in [0, 0.05) is 6.42 Å². The number of ketones is 1. The molecule has 3 nitrogen and oxygen atoms in total. The Morgan fingerprint density at radius 2 is 1.88 bits per heavy atom. The molecule has 16 heavy (non-hydrogen) atoms. The summed E-state index contributed by atoms with van der Waals surface area (Å²) in [7, 11) is 0. The van der Waals surface area contributed by atoms with Crippen LogP contribution in [-0.4, -0.2) is 18.4 Å². The molecule has 0 unspecified atom stereocenters. The van der Waals surface area contributed by atoms with Gasteiger partial charge in [0.05, 0.1) is 13.0 Å². The van der Waals surface area contributed by atoms with Crippen LogP contribution >= 0.6 is 0 Å². The lowest BCUT2D eigenvalue weighted by Gasteiger charge is -2.03. The first-order valence-corrected chi connectivity index (χ1v) is 5.37. The maximum atomic E-state index is 11.3. The molecule has 1 aromatic carbocycles. The highest BCUT2D eigenvalue weighted by Gasteiger charge is 2.04. The number of Topliss-reactive ketones (excluding diaryl/α,β-unsaturated/α-hetero) is 1. The van der Waals surface area contributed by atoms with Crippen molar-refractivity contribution in [3.8, 4) is 0 Å². The molecule has 86 valence electrons. The zero-order valence-electron chi connectivity index (χ0n) is 9.44. The van der Waals surface area contributed by atoms with E-state index in [1.807, 2.05) is 30.3 Å². The van der Waals surface area contributed by atoms with Crippen molar-refractivity contribution in [1.82, 2.24) is 0 Å². The topological polar surface area (TPSA) is 43.4 Å². The maximum absolute atomic E-state index is 11.3. The van der Waals surface area contributed by atoms with E-state index in [2.05, 4.69) is 0 Å². The first-order chi connectivity index (χ1) is 7.68. The van der Waals surface area contributed by atoms with Crippen molar-refractivity contribution in [2.45, 2.75) is 26.2 Å². The van der Waals surface area contributed by atoms with E-state index in [1.165, 1.54) is 6.92 Å². The fraction of sp³-hybridized carbons (Fsp3) is 0.385. The predicted octanol–water partition coefficient (Wildman–Crippen LogP) is 2.14. The Kier molecular flexibility index (Phi) is 5.26. The fourth-order valence-corrected chi connectivity index (χ4v) is 1.32. The van der Waals surface area contributed by atoms with Crippen LogP contribution in [0.15, 0.2) is 30.3 Å². The zero-order valence-corrected chi connectivity index (χ0v) is 9.44. The van der Waals surface area contributed by atoms with Gasteiger partial charge in [-0.3, -0.25) is 4.79 Å². The number of benzene rings is 1. The number of ether oxygens (including phenoxy) is 1. The van der Waals surface area contributed by atoms with Gasteiger partial charge in [-0.15, -0.1) is 0 Å². The van der Waals surface area contributed by atoms with Crippen molar-refractivity contribution in [2.75, 3.05) is 6.61 Å². The lowest BCUT2D eigenvalue weighted by molar-refractivity contribution is -0.143. The van der Waals surface area contributed by atoms with Gasteiger partial charge in [-0.1, -0.05) is 30.3 Å². The molecule has 0 N–H and O–H groups in total. The summed E-state index contributed by atoms with van der Waals surface area (Å²) >= 11 is 0. The van der Waals surface area contributed by atoms with Gasteiger partial charge in [0.1, 0.15) is 5.78 Å². The molecule has 3 heteroatoms. The summed E-state index contributed by atoms with van der Waals surface area (Å²) in [5.41, 5.74) is 0.944. The highest BCUT2D eigenvalue weighted by atomic mass is 16.5. The van der Waals surface area contributed by atoms with E-state index in [1.54, 1.807) is 0 Å². The molecule has 1 rings (SSSR count). The first kappa shape index (κ1) is 12.4. The monoisotopic (exact) mass is 220 g/mol. The Labute approximate surface area is 95.4 Å². The lowest BCUT2D eigenvalue weighted by atomic mass is 10.2. The molecule has 0 aliphatic carbocycles. The second kappa shape index (κ2) is 6.77. The summed E-state index contributed by atoms with van der Waals surface area (Å²) in [5.74, 6) is -0.117. The molecule has 0 atom stereocenters. The SMILES string of the molecule is CC(=O)CCCOC(=O)Cc1ccccc1. The molecule has 0 radical (unpaired) electrons. The molecule has 0 amide bonds. The summed E-state index contributed by atoms with van der Waals surface area (Å²) in [4.78, 5) is 22.0. The third-order valence-corrected chi connectivity index (χ3v) is 2.13. The van der Waals surface area contributed by atoms with E-state index < -0.39 is 0 Å². The van der Waals surface area contributed by atoms with Crippen molar-refractivity contribution < 1.29 is 14.3 Å². The smallest absolute Gasteiger partial charge is 0.310 e. The van der Waals surface area contributed by atoms with E-state index in [0.29, 0.717) is 25.9 Å². The van der Waals surface area contributed by atoms with Crippen LogP contribution in [-0.2, 0) is 20.7 Å². The molecule has 0 aliphatic heterocycles. The van der Waals surface area contributed by atoms with Crippen LogP contribution in [0.4, 0.5) is 0 Å². The molecule has 0 aliphatic rings. The average molecular weight is 220 g/mol. The van der Waals surface area contributed by atoms with Crippen LogP contribution in [0, 0.1) is 0 Å². The van der Waals surface area contributed by atoms with Gasteiger partial charge in [0.25, 0.3) is 0 Å². The third kappa shape index (κ3) is 5.29. The van der Waals surface area contributed by atoms with Crippen molar-refractivity contribution in [1.29, 1.82) is 0 Å².